The average molecular weight is 364 g/mol. The van der Waals surface area contributed by atoms with Gasteiger partial charge in [0.25, 0.3) is 0 Å². The summed E-state index contributed by atoms with van der Waals surface area (Å²) < 4.78 is 4.60. The molecule has 0 amide bonds. The summed E-state index contributed by atoms with van der Waals surface area (Å²) >= 11 is 4.51. The third-order valence-corrected chi connectivity index (χ3v) is 1.83. The van der Waals surface area contributed by atoms with Crippen molar-refractivity contribution in [3.63, 3.8) is 0 Å². The van der Waals surface area contributed by atoms with Gasteiger partial charge in [-0.15, -0.1) is 0 Å². The molecule has 1 unspecified atom stereocenters. The van der Waals surface area contributed by atoms with Crippen LogP contribution >= 0.6 is 15.5 Å². The minimum atomic E-state index is 0. The zero-order valence-electron chi connectivity index (χ0n) is 3.26. The van der Waals surface area contributed by atoms with Crippen molar-refractivity contribution in [3.8, 4) is 0 Å². The van der Waals surface area contributed by atoms with E-state index in [1.54, 1.807) is 7.11 Å². The maximum atomic E-state index is 4.60. The van der Waals surface area contributed by atoms with E-state index in [4.69, 9.17) is 0 Å². The van der Waals surface area contributed by atoms with E-state index in [0.717, 1.165) is 7.04 Å². The third kappa shape index (κ3) is 9.35. The third-order valence-electron chi connectivity index (χ3n) is 0.129. The van der Waals surface area contributed by atoms with Crippen LogP contribution in [0.1, 0.15) is 0 Å². The topological polar surface area (TPSA) is 9.23 Å². The fraction of sp³-hybridized carbons (Fsp3) is 1.00. The second kappa shape index (κ2) is 10.1. The van der Waals surface area contributed by atoms with Gasteiger partial charge in [-0.3, -0.25) is 0 Å². The van der Waals surface area contributed by atoms with E-state index >= 15 is 0 Å². The van der Waals surface area contributed by atoms with Gasteiger partial charge in [0.2, 0.25) is 0 Å². The van der Waals surface area contributed by atoms with Crippen LogP contribution in [0.3, 0.4) is 0 Å². The summed E-state index contributed by atoms with van der Waals surface area (Å²) in [5, 5.41) is 0. The van der Waals surface area contributed by atoms with E-state index in [2.05, 4.69) is 16.3 Å². The SMILES string of the molecule is COPP=S.[U]. The van der Waals surface area contributed by atoms with Gasteiger partial charge in [-0.1, -0.05) is 11.8 Å². The Kier molecular flexibility index (Phi) is 18.2. The van der Waals surface area contributed by atoms with Crippen LogP contribution in [0.5, 0.6) is 0 Å². The first kappa shape index (κ1) is 10.9. The van der Waals surface area contributed by atoms with E-state index in [9.17, 15) is 0 Å². The standard InChI is InChI=1S/CH4OP2S.U/c1-2-3-4-5;/h3H,1H3;. The molecule has 0 heterocycles. The van der Waals surface area contributed by atoms with Crippen LogP contribution < -0.4 is 0 Å². The van der Waals surface area contributed by atoms with Gasteiger partial charge in [-0.25, -0.2) is 0 Å². The Hall–Kier alpha value is 1.96. The Morgan fingerprint density at radius 1 is 1.83 bits per heavy atom. The molecule has 0 saturated carbocycles. The van der Waals surface area contributed by atoms with Gasteiger partial charge in [-0.2, -0.15) is 0 Å². The van der Waals surface area contributed by atoms with Crippen LogP contribution in [0.15, 0.2) is 0 Å². The summed E-state index contributed by atoms with van der Waals surface area (Å²) in [6, 6.07) is 0. The second-order valence-corrected chi connectivity index (χ2v) is 3.90. The molecule has 1 nitrogen and oxygen atoms in total. The number of hydrogen-bond acceptors (Lipinski definition) is 2. The molecule has 1 atom stereocenters. The summed E-state index contributed by atoms with van der Waals surface area (Å²) in [7, 11) is 3.05. The Bertz CT molecular complexity index is 34.7. The predicted octanol–water partition coefficient (Wildman–Crippen LogP) is 1.55. The fourth-order valence-electron chi connectivity index (χ4n) is 0.0373. The monoisotopic (exact) mass is 364 g/mol. The zero-order valence-corrected chi connectivity index (χ0v) is 10.1. The molecule has 0 aliphatic carbocycles. The largest absolute Gasteiger partial charge is 0.356 e. The first-order valence-electron chi connectivity index (χ1n) is 1.02. The smallest absolute Gasteiger partial charge is 0.0786 e. The summed E-state index contributed by atoms with van der Waals surface area (Å²) in [4.78, 5) is 0. The van der Waals surface area contributed by atoms with E-state index in [1.807, 2.05) is 0 Å². The summed E-state index contributed by atoms with van der Waals surface area (Å²) in [5.74, 6) is 0. The van der Waals surface area contributed by atoms with Crippen LogP contribution in [0.25, 0.3) is 0 Å². The number of rotatable bonds is 2. The Labute approximate surface area is 69.6 Å². The van der Waals surface area contributed by atoms with Gasteiger partial charge >= 0.3 is 0 Å². The molecular formula is CH4OP2SU. The van der Waals surface area contributed by atoms with Gasteiger partial charge in [-0.05, 0) is 0 Å². The van der Waals surface area contributed by atoms with E-state index in [0.29, 0.717) is 8.50 Å². The molecule has 0 fully saturated rings. The van der Waals surface area contributed by atoms with Crippen molar-refractivity contribution in [1.29, 1.82) is 0 Å². The molecule has 0 saturated heterocycles. The molecule has 6 heavy (non-hydrogen) atoms. The van der Waals surface area contributed by atoms with Gasteiger partial charge < -0.3 is 4.52 Å². The van der Waals surface area contributed by atoms with E-state index < -0.39 is 0 Å². The Balaban J connectivity index is 0. The fourth-order valence-corrected chi connectivity index (χ4v) is 1.01. The maximum absolute atomic E-state index is 4.60. The van der Waals surface area contributed by atoms with Crippen LogP contribution in [0.2, 0.25) is 0 Å². The molecule has 0 rings (SSSR count). The van der Waals surface area contributed by atoms with Crippen LogP contribution in [0.4, 0.5) is 0 Å². The van der Waals surface area contributed by atoms with Gasteiger partial charge in [0.1, 0.15) is 0 Å². The van der Waals surface area contributed by atoms with E-state index in [1.165, 1.54) is 0 Å². The van der Waals surface area contributed by atoms with Crippen LogP contribution in [0, 0.1) is 31.1 Å². The van der Waals surface area contributed by atoms with Gasteiger partial charge in [0.05, 0.1) is 8.50 Å². The van der Waals surface area contributed by atoms with E-state index in [-0.39, 0.29) is 31.1 Å². The van der Waals surface area contributed by atoms with Gasteiger partial charge in [0.15, 0.2) is 0 Å². The summed E-state index contributed by atoms with van der Waals surface area (Å²) in [6.45, 7) is 0. The van der Waals surface area contributed by atoms with Crippen molar-refractivity contribution in [2.45, 2.75) is 0 Å². The minimum Gasteiger partial charge on any atom is -0.356 e. The molecule has 0 bridgehead atoms. The van der Waals surface area contributed by atoms with Crippen molar-refractivity contribution in [3.05, 3.63) is 0 Å². The molecule has 34 valence electrons. The van der Waals surface area contributed by atoms with Crippen molar-refractivity contribution in [1.82, 2.24) is 0 Å². The summed E-state index contributed by atoms with van der Waals surface area (Å²) in [5.41, 5.74) is 0. The molecule has 0 aromatic rings. The minimum absolute atomic E-state index is 0. The van der Waals surface area contributed by atoms with Crippen molar-refractivity contribution >= 4 is 27.3 Å². The molecule has 0 radical (unpaired) electrons. The van der Waals surface area contributed by atoms with Crippen LogP contribution in [-0.2, 0) is 16.3 Å². The first-order chi connectivity index (χ1) is 2.41. The first-order valence-corrected chi connectivity index (χ1v) is 4.68. The van der Waals surface area contributed by atoms with Crippen molar-refractivity contribution in [2.75, 3.05) is 7.11 Å². The normalized spacial score (nSPS) is 9.50. The van der Waals surface area contributed by atoms with Crippen molar-refractivity contribution < 1.29 is 35.6 Å². The van der Waals surface area contributed by atoms with Gasteiger partial charge in [0, 0.05) is 45.3 Å². The zero-order chi connectivity index (χ0) is 4.12. The Morgan fingerprint density at radius 3 is 2.33 bits per heavy atom. The molecule has 0 aliphatic heterocycles. The molecular weight excluding hydrogens is 360 g/mol. The Morgan fingerprint density at radius 2 is 2.33 bits per heavy atom. The average Bonchev–Trinajstić information content (AvgIpc) is 1.41. The van der Waals surface area contributed by atoms with Crippen molar-refractivity contribution in [2.24, 2.45) is 0 Å². The summed E-state index contributed by atoms with van der Waals surface area (Å²) in [6.07, 6.45) is 0. The molecule has 5 heteroatoms. The molecule has 0 N–H and O–H groups in total. The predicted molar refractivity (Wildman–Crippen MR) is 29.6 cm³/mol. The number of hydrogen-bond donors (Lipinski definition) is 0. The van der Waals surface area contributed by atoms with Crippen LogP contribution in [-0.4, -0.2) is 7.11 Å². The molecule has 0 spiro atoms. The molecule has 0 aliphatic rings. The quantitative estimate of drug-likeness (QED) is 0.688. The molecule has 0 aromatic heterocycles. The maximum Gasteiger partial charge on any atom is 0.0786 e. The second-order valence-electron chi connectivity index (χ2n) is 0.387. The molecule has 0 aromatic carbocycles.